The number of H-pyrrole nitrogens is 2. The number of carbonyl (C=O) groups excluding carboxylic acids is 2. The fraction of sp³-hybridized carbons (Fsp3) is 0. The molecule has 0 unspecified atom stereocenters. The van der Waals surface area contributed by atoms with Crippen LogP contribution in [0.25, 0.3) is 11.0 Å². The lowest BCUT2D eigenvalue weighted by molar-refractivity contribution is 0.0988. The van der Waals surface area contributed by atoms with Crippen LogP contribution in [0, 0.1) is 0 Å². The molecular formula is C18H14N6O4S. The molecule has 0 spiro atoms. The molecule has 2 amide bonds. The van der Waals surface area contributed by atoms with Crippen molar-refractivity contribution in [1.29, 1.82) is 0 Å². The fourth-order valence-electron chi connectivity index (χ4n) is 2.78. The van der Waals surface area contributed by atoms with Gasteiger partial charge in [0.1, 0.15) is 0 Å². The van der Waals surface area contributed by atoms with Crippen LogP contribution in [0.4, 0.5) is 5.95 Å². The van der Waals surface area contributed by atoms with Crippen molar-refractivity contribution < 1.29 is 18.0 Å². The Hall–Kier alpha value is -3.99. The summed E-state index contributed by atoms with van der Waals surface area (Å²) in [5.74, 6) is -1.50. The predicted octanol–water partition coefficient (Wildman–Crippen LogP) is 1.47. The molecule has 0 saturated carbocycles. The number of nitrogens with two attached hydrogens (primary N) is 1. The number of primary amides is 1. The van der Waals surface area contributed by atoms with E-state index in [1.807, 2.05) is 0 Å². The third-order valence-corrected chi connectivity index (χ3v) is 5.89. The Morgan fingerprint density at radius 2 is 1.83 bits per heavy atom. The Labute approximate surface area is 164 Å². The summed E-state index contributed by atoms with van der Waals surface area (Å²) >= 11 is 0. The molecule has 0 atom stereocenters. The number of hydrogen-bond donors (Lipinski definition) is 4. The fourth-order valence-corrected chi connectivity index (χ4v) is 4.11. The third kappa shape index (κ3) is 3.34. The molecule has 29 heavy (non-hydrogen) atoms. The summed E-state index contributed by atoms with van der Waals surface area (Å²) in [5, 5.41) is 2.52. The van der Waals surface area contributed by atoms with Crippen molar-refractivity contribution in [3.05, 3.63) is 66.2 Å². The van der Waals surface area contributed by atoms with Gasteiger partial charge >= 0.3 is 0 Å². The largest absolute Gasteiger partial charge is 0.363 e. The normalized spacial score (nSPS) is 11.4. The number of nitrogens with zero attached hydrogens (tertiary/aromatic N) is 2. The van der Waals surface area contributed by atoms with E-state index in [2.05, 4.69) is 25.3 Å². The summed E-state index contributed by atoms with van der Waals surface area (Å²) in [4.78, 5) is 37.5. The molecule has 2 heterocycles. The third-order valence-electron chi connectivity index (χ3n) is 4.14. The molecule has 0 fully saturated rings. The monoisotopic (exact) mass is 410 g/mol. The zero-order chi connectivity index (χ0) is 20.6. The van der Waals surface area contributed by atoms with Crippen molar-refractivity contribution in [2.24, 2.45) is 5.73 Å². The second kappa shape index (κ2) is 6.87. The van der Waals surface area contributed by atoms with Crippen LogP contribution >= 0.6 is 0 Å². The Bertz CT molecular complexity index is 1330. The minimum atomic E-state index is -3.93. The Morgan fingerprint density at radius 1 is 1.07 bits per heavy atom. The maximum Gasteiger partial charge on any atom is 0.284 e. The van der Waals surface area contributed by atoms with E-state index in [-0.39, 0.29) is 38.2 Å². The first kappa shape index (κ1) is 18.4. The van der Waals surface area contributed by atoms with Crippen LogP contribution in [0.1, 0.15) is 21.0 Å². The highest BCUT2D eigenvalue weighted by Gasteiger charge is 2.24. The van der Waals surface area contributed by atoms with E-state index in [4.69, 9.17) is 5.73 Å². The molecule has 11 heteroatoms. The summed E-state index contributed by atoms with van der Waals surface area (Å²) in [6.45, 7) is 0. The number of carbonyl (C=O) groups is 2. The molecule has 146 valence electrons. The Morgan fingerprint density at radius 3 is 2.48 bits per heavy atom. The number of benzene rings is 2. The van der Waals surface area contributed by atoms with Crippen LogP contribution in [0.2, 0.25) is 0 Å². The Balaban J connectivity index is 1.90. The number of sulfone groups is 1. The van der Waals surface area contributed by atoms with Crippen molar-refractivity contribution in [1.82, 2.24) is 19.9 Å². The number of fused-ring (bicyclic) bond motifs is 1. The van der Waals surface area contributed by atoms with Crippen LogP contribution in [-0.4, -0.2) is 40.2 Å². The van der Waals surface area contributed by atoms with Gasteiger partial charge in [0.2, 0.25) is 15.8 Å². The van der Waals surface area contributed by atoms with Crippen LogP contribution < -0.4 is 11.1 Å². The minimum absolute atomic E-state index is 0.0339. The van der Waals surface area contributed by atoms with Gasteiger partial charge in [0, 0.05) is 12.4 Å². The number of anilines is 1. The molecule has 2 aromatic heterocycles. The van der Waals surface area contributed by atoms with E-state index in [1.165, 1.54) is 36.7 Å². The number of aromatic nitrogens is 4. The van der Waals surface area contributed by atoms with Crippen molar-refractivity contribution in [2.75, 3.05) is 5.32 Å². The first-order valence-corrected chi connectivity index (χ1v) is 9.79. The van der Waals surface area contributed by atoms with Gasteiger partial charge in [-0.05, 0) is 24.3 Å². The number of nitrogens with one attached hydrogen (secondary N) is 3. The van der Waals surface area contributed by atoms with Gasteiger partial charge in [-0.1, -0.05) is 18.2 Å². The maximum atomic E-state index is 13.0. The van der Waals surface area contributed by atoms with Gasteiger partial charge in [0.05, 0.1) is 26.4 Å². The zero-order valence-electron chi connectivity index (χ0n) is 14.7. The number of amides is 2. The van der Waals surface area contributed by atoms with E-state index in [1.54, 1.807) is 18.2 Å². The lowest BCUT2D eigenvalue weighted by atomic mass is 10.1. The molecule has 0 aliphatic carbocycles. The van der Waals surface area contributed by atoms with E-state index >= 15 is 0 Å². The van der Waals surface area contributed by atoms with Crippen LogP contribution in [0.5, 0.6) is 0 Å². The standard InChI is InChI=1S/C18H14N6O4S/c19-15(25)16-22-13-9-11(29(27,28)10-4-2-1-3-5-10)8-12(14(13)23-16)17(26)24-18-20-6-7-21-18/h1-9H,(H2,19,25)(H,22,23)(H2,20,21,24,26). The maximum absolute atomic E-state index is 13.0. The highest BCUT2D eigenvalue weighted by molar-refractivity contribution is 7.91. The van der Waals surface area contributed by atoms with E-state index in [0.717, 1.165) is 0 Å². The second-order valence-electron chi connectivity index (χ2n) is 6.02. The summed E-state index contributed by atoms with van der Waals surface area (Å²) in [6.07, 6.45) is 2.96. The molecule has 0 saturated heterocycles. The molecule has 5 N–H and O–H groups in total. The van der Waals surface area contributed by atoms with Gasteiger partial charge in [0.15, 0.2) is 5.82 Å². The first-order chi connectivity index (χ1) is 13.9. The molecule has 0 aliphatic heterocycles. The summed E-state index contributed by atoms with van der Waals surface area (Å²) in [7, 11) is -3.93. The lowest BCUT2D eigenvalue weighted by Gasteiger charge is -2.08. The molecule has 0 aliphatic rings. The number of aromatic amines is 2. The van der Waals surface area contributed by atoms with Gasteiger partial charge in [-0.15, -0.1) is 0 Å². The average Bonchev–Trinajstić information content (AvgIpc) is 3.37. The number of rotatable bonds is 5. The molecule has 10 nitrogen and oxygen atoms in total. The highest BCUT2D eigenvalue weighted by atomic mass is 32.2. The SMILES string of the molecule is NC(=O)c1nc2cc(S(=O)(=O)c3ccccc3)cc(C(=O)Nc3ncc[nH]3)c2[nH]1. The second-order valence-corrected chi connectivity index (χ2v) is 7.97. The molecule has 4 rings (SSSR count). The molecule has 4 aromatic rings. The van der Waals surface area contributed by atoms with Gasteiger partial charge in [0.25, 0.3) is 11.8 Å². The number of imidazole rings is 2. The molecule has 0 bridgehead atoms. The van der Waals surface area contributed by atoms with Crippen molar-refractivity contribution in [3.8, 4) is 0 Å². The van der Waals surface area contributed by atoms with Gasteiger partial charge in [-0.2, -0.15) is 0 Å². The minimum Gasteiger partial charge on any atom is -0.363 e. The lowest BCUT2D eigenvalue weighted by Crippen LogP contribution is -2.15. The summed E-state index contributed by atoms with van der Waals surface area (Å²) in [6, 6.07) is 10.3. The van der Waals surface area contributed by atoms with Gasteiger partial charge in [-0.3, -0.25) is 14.9 Å². The molecular weight excluding hydrogens is 396 g/mol. The zero-order valence-corrected chi connectivity index (χ0v) is 15.5. The van der Waals surface area contributed by atoms with Crippen LogP contribution in [0.3, 0.4) is 0 Å². The van der Waals surface area contributed by atoms with E-state index in [9.17, 15) is 18.0 Å². The van der Waals surface area contributed by atoms with Crippen LogP contribution in [0.15, 0.2) is 64.6 Å². The van der Waals surface area contributed by atoms with Gasteiger partial charge in [-0.25, -0.2) is 18.4 Å². The van der Waals surface area contributed by atoms with Gasteiger partial charge < -0.3 is 15.7 Å². The number of hydrogen-bond acceptors (Lipinski definition) is 6. The predicted molar refractivity (Wildman–Crippen MR) is 103 cm³/mol. The van der Waals surface area contributed by atoms with Crippen molar-refractivity contribution in [2.45, 2.75) is 9.79 Å². The highest BCUT2D eigenvalue weighted by Crippen LogP contribution is 2.27. The van der Waals surface area contributed by atoms with E-state index < -0.39 is 21.7 Å². The Kier molecular flexibility index (Phi) is 4.35. The average molecular weight is 410 g/mol. The first-order valence-electron chi connectivity index (χ1n) is 8.30. The smallest absolute Gasteiger partial charge is 0.284 e. The van der Waals surface area contributed by atoms with Crippen LogP contribution in [-0.2, 0) is 9.84 Å². The molecule has 0 radical (unpaired) electrons. The van der Waals surface area contributed by atoms with Crippen molar-refractivity contribution in [3.63, 3.8) is 0 Å². The van der Waals surface area contributed by atoms with E-state index in [0.29, 0.717) is 0 Å². The molecule has 2 aromatic carbocycles. The summed E-state index contributed by atoms with van der Waals surface area (Å²) in [5.41, 5.74) is 5.52. The summed E-state index contributed by atoms with van der Waals surface area (Å²) < 4.78 is 26.1. The topological polar surface area (TPSA) is 164 Å². The quantitative estimate of drug-likeness (QED) is 0.389. The van der Waals surface area contributed by atoms with Crippen molar-refractivity contribution >= 4 is 38.6 Å².